The predicted octanol–water partition coefficient (Wildman–Crippen LogP) is 3.41. The maximum Gasteiger partial charge on any atom is 0.321 e. The maximum atomic E-state index is 5.40. The SMILES string of the molecule is COc1cccc(-c2noc(NCCc3ccccc3)n2)c1OC. The summed E-state index contributed by atoms with van der Waals surface area (Å²) in [7, 11) is 3.18. The Morgan fingerprint density at radius 1 is 1.00 bits per heavy atom. The minimum atomic E-state index is 0.380. The van der Waals surface area contributed by atoms with E-state index in [1.807, 2.05) is 36.4 Å². The van der Waals surface area contributed by atoms with Gasteiger partial charge in [0.05, 0.1) is 19.8 Å². The van der Waals surface area contributed by atoms with Crippen molar-refractivity contribution in [3.8, 4) is 22.9 Å². The van der Waals surface area contributed by atoms with Gasteiger partial charge in [-0.25, -0.2) is 0 Å². The van der Waals surface area contributed by atoms with Crippen molar-refractivity contribution in [2.45, 2.75) is 6.42 Å². The third kappa shape index (κ3) is 3.48. The molecule has 1 N–H and O–H groups in total. The summed E-state index contributed by atoms with van der Waals surface area (Å²) < 4.78 is 16.0. The molecule has 0 bridgehead atoms. The van der Waals surface area contributed by atoms with E-state index in [0.717, 1.165) is 12.0 Å². The van der Waals surface area contributed by atoms with E-state index in [-0.39, 0.29) is 0 Å². The second-order valence-electron chi connectivity index (χ2n) is 5.13. The number of methoxy groups -OCH3 is 2. The molecule has 0 amide bonds. The Hall–Kier alpha value is -3.02. The second kappa shape index (κ2) is 7.50. The topological polar surface area (TPSA) is 69.4 Å². The zero-order valence-corrected chi connectivity index (χ0v) is 13.7. The van der Waals surface area contributed by atoms with Gasteiger partial charge in [0.2, 0.25) is 5.82 Å². The van der Waals surface area contributed by atoms with Gasteiger partial charge in [0.25, 0.3) is 0 Å². The first-order valence-corrected chi connectivity index (χ1v) is 7.64. The minimum absolute atomic E-state index is 0.380. The molecule has 0 unspecified atom stereocenters. The van der Waals surface area contributed by atoms with E-state index in [1.165, 1.54) is 5.56 Å². The van der Waals surface area contributed by atoms with Gasteiger partial charge in [-0.3, -0.25) is 0 Å². The van der Waals surface area contributed by atoms with Crippen molar-refractivity contribution in [3.05, 3.63) is 54.1 Å². The molecular formula is C18H19N3O3. The molecule has 1 aromatic heterocycles. The largest absolute Gasteiger partial charge is 0.493 e. The number of hydrogen-bond acceptors (Lipinski definition) is 6. The van der Waals surface area contributed by atoms with Crippen molar-refractivity contribution in [1.82, 2.24) is 10.1 Å². The Balaban J connectivity index is 1.70. The average molecular weight is 325 g/mol. The summed E-state index contributed by atoms with van der Waals surface area (Å²) in [6, 6.07) is 16.1. The molecule has 124 valence electrons. The standard InChI is InChI=1S/C18H19N3O3/c1-22-15-10-6-9-14(16(15)23-2)17-20-18(24-21-17)19-12-11-13-7-4-3-5-8-13/h3-10H,11-12H2,1-2H3,(H,19,20,21). The zero-order chi connectivity index (χ0) is 16.8. The minimum Gasteiger partial charge on any atom is -0.493 e. The van der Waals surface area contributed by atoms with Crippen LogP contribution in [0.1, 0.15) is 5.56 Å². The van der Waals surface area contributed by atoms with Crippen LogP contribution in [0.3, 0.4) is 0 Å². The second-order valence-corrected chi connectivity index (χ2v) is 5.13. The summed E-state index contributed by atoms with van der Waals surface area (Å²) in [6.45, 7) is 0.709. The molecule has 0 saturated heterocycles. The van der Waals surface area contributed by atoms with Gasteiger partial charge in [-0.2, -0.15) is 4.98 Å². The van der Waals surface area contributed by atoms with Crippen LogP contribution in [-0.2, 0) is 6.42 Å². The van der Waals surface area contributed by atoms with Crippen LogP contribution in [0.25, 0.3) is 11.4 Å². The van der Waals surface area contributed by atoms with E-state index in [9.17, 15) is 0 Å². The fraction of sp³-hybridized carbons (Fsp3) is 0.222. The number of hydrogen-bond donors (Lipinski definition) is 1. The van der Waals surface area contributed by atoms with Crippen molar-refractivity contribution in [2.24, 2.45) is 0 Å². The number of aromatic nitrogens is 2. The summed E-state index contributed by atoms with van der Waals surface area (Å²) in [5.41, 5.74) is 1.97. The Bertz CT molecular complexity index is 787. The fourth-order valence-electron chi connectivity index (χ4n) is 2.43. The lowest BCUT2D eigenvalue weighted by Gasteiger charge is -2.09. The van der Waals surface area contributed by atoms with Crippen molar-refractivity contribution in [1.29, 1.82) is 0 Å². The van der Waals surface area contributed by atoms with E-state index in [4.69, 9.17) is 14.0 Å². The molecule has 3 aromatic rings. The van der Waals surface area contributed by atoms with Gasteiger partial charge in [-0.15, -0.1) is 0 Å². The lowest BCUT2D eigenvalue weighted by Crippen LogP contribution is -2.04. The molecule has 6 nitrogen and oxygen atoms in total. The first-order valence-electron chi connectivity index (χ1n) is 7.64. The van der Waals surface area contributed by atoms with Crippen molar-refractivity contribution in [2.75, 3.05) is 26.1 Å². The third-order valence-electron chi connectivity index (χ3n) is 3.60. The van der Waals surface area contributed by atoms with Crippen molar-refractivity contribution < 1.29 is 14.0 Å². The number of ether oxygens (including phenoxy) is 2. The highest BCUT2D eigenvalue weighted by Gasteiger charge is 2.16. The van der Waals surface area contributed by atoms with Crippen LogP contribution >= 0.6 is 0 Å². The average Bonchev–Trinajstić information content (AvgIpc) is 3.10. The lowest BCUT2D eigenvalue weighted by atomic mass is 10.1. The van der Waals surface area contributed by atoms with E-state index in [1.54, 1.807) is 14.2 Å². The number of nitrogens with zero attached hydrogens (tertiary/aromatic N) is 2. The first-order chi connectivity index (χ1) is 11.8. The van der Waals surface area contributed by atoms with Crippen LogP contribution in [-0.4, -0.2) is 30.9 Å². The van der Waals surface area contributed by atoms with Crippen molar-refractivity contribution in [3.63, 3.8) is 0 Å². The smallest absolute Gasteiger partial charge is 0.321 e. The van der Waals surface area contributed by atoms with Gasteiger partial charge >= 0.3 is 6.01 Å². The molecule has 24 heavy (non-hydrogen) atoms. The Morgan fingerprint density at radius 3 is 2.58 bits per heavy atom. The zero-order valence-electron chi connectivity index (χ0n) is 13.7. The number of nitrogens with one attached hydrogen (secondary N) is 1. The molecule has 6 heteroatoms. The highest BCUT2D eigenvalue weighted by atomic mass is 16.5. The summed E-state index contributed by atoms with van der Waals surface area (Å²) in [5.74, 6) is 1.66. The van der Waals surface area contributed by atoms with E-state index in [2.05, 4.69) is 27.6 Å². The van der Waals surface area contributed by atoms with Crippen LogP contribution in [0.15, 0.2) is 53.1 Å². The lowest BCUT2D eigenvalue weighted by molar-refractivity contribution is 0.355. The first kappa shape index (κ1) is 15.9. The molecule has 1 heterocycles. The van der Waals surface area contributed by atoms with Crippen LogP contribution < -0.4 is 14.8 Å². The summed E-state index contributed by atoms with van der Waals surface area (Å²) in [6.07, 6.45) is 0.876. The highest BCUT2D eigenvalue weighted by Crippen LogP contribution is 2.36. The van der Waals surface area contributed by atoms with Crippen LogP contribution in [0.4, 0.5) is 6.01 Å². The molecule has 0 aliphatic rings. The Morgan fingerprint density at radius 2 is 1.83 bits per heavy atom. The molecule has 0 spiro atoms. The Kier molecular flexibility index (Phi) is 4.96. The predicted molar refractivity (Wildman–Crippen MR) is 91.5 cm³/mol. The molecule has 0 radical (unpaired) electrons. The Labute approximate surface area is 140 Å². The van der Waals surface area contributed by atoms with Gasteiger partial charge in [-0.05, 0) is 24.1 Å². The van der Waals surface area contributed by atoms with Crippen molar-refractivity contribution >= 4 is 6.01 Å². The van der Waals surface area contributed by atoms with Gasteiger partial charge in [0.1, 0.15) is 0 Å². The highest BCUT2D eigenvalue weighted by molar-refractivity contribution is 5.68. The van der Waals surface area contributed by atoms with Gasteiger partial charge in [0.15, 0.2) is 11.5 Å². The molecule has 0 atom stereocenters. The molecule has 3 rings (SSSR count). The quantitative estimate of drug-likeness (QED) is 0.718. The molecule has 0 aliphatic heterocycles. The third-order valence-corrected chi connectivity index (χ3v) is 3.60. The van der Waals surface area contributed by atoms with Gasteiger partial charge in [0, 0.05) is 6.54 Å². The fourth-order valence-corrected chi connectivity index (χ4v) is 2.43. The van der Waals surface area contributed by atoms with Crippen LogP contribution in [0, 0.1) is 0 Å². The monoisotopic (exact) mass is 325 g/mol. The number of benzene rings is 2. The van der Waals surface area contributed by atoms with E-state index >= 15 is 0 Å². The number of para-hydroxylation sites is 1. The van der Waals surface area contributed by atoms with E-state index in [0.29, 0.717) is 29.9 Å². The van der Waals surface area contributed by atoms with E-state index < -0.39 is 0 Å². The number of rotatable bonds is 7. The van der Waals surface area contributed by atoms with Gasteiger partial charge in [-0.1, -0.05) is 41.6 Å². The molecule has 0 aliphatic carbocycles. The summed E-state index contributed by atoms with van der Waals surface area (Å²) in [5, 5.41) is 7.15. The molecule has 0 fully saturated rings. The van der Waals surface area contributed by atoms with Gasteiger partial charge < -0.3 is 19.3 Å². The maximum absolute atomic E-state index is 5.40. The van der Waals surface area contributed by atoms with Crippen LogP contribution in [0.2, 0.25) is 0 Å². The summed E-state index contributed by atoms with van der Waals surface area (Å²) >= 11 is 0. The van der Waals surface area contributed by atoms with Crippen LogP contribution in [0.5, 0.6) is 11.5 Å². The number of anilines is 1. The normalized spacial score (nSPS) is 10.4. The molecule has 2 aromatic carbocycles. The summed E-state index contributed by atoms with van der Waals surface area (Å²) in [4.78, 5) is 4.37. The molecule has 0 saturated carbocycles. The molecular weight excluding hydrogens is 306 g/mol.